The molecule has 5 heteroatoms. The minimum absolute atomic E-state index is 0.402. The fourth-order valence-corrected chi connectivity index (χ4v) is 2.58. The summed E-state index contributed by atoms with van der Waals surface area (Å²) in [6.45, 7) is 1.99. The minimum atomic E-state index is -0.539. The van der Waals surface area contributed by atoms with Crippen LogP contribution in [0.25, 0.3) is 0 Å². The zero-order valence-corrected chi connectivity index (χ0v) is 12.7. The highest BCUT2D eigenvalue weighted by molar-refractivity contribution is 5.98. The quantitative estimate of drug-likeness (QED) is 0.878. The van der Waals surface area contributed by atoms with E-state index in [4.69, 9.17) is 14.2 Å². The van der Waals surface area contributed by atoms with Gasteiger partial charge in [-0.1, -0.05) is 18.2 Å². The van der Waals surface area contributed by atoms with E-state index in [1.165, 1.54) is 14.2 Å². The molecule has 2 aromatic rings. The van der Waals surface area contributed by atoms with E-state index >= 15 is 0 Å². The Hall–Kier alpha value is -2.69. The third-order valence-electron chi connectivity index (χ3n) is 3.72. The van der Waals surface area contributed by atoms with Gasteiger partial charge < -0.3 is 19.5 Å². The highest BCUT2D eigenvalue weighted by atomic mass is 16.6. The number of methoxy groups -OCH3 is 2. The van der Waals surface area contributed by atoms with Gasteiger partial charge in [-0.05, 0) is 30.7 Å². The number of rotatable bonds is 4. The minimum Gasteiger partial charge on any atom is -0.493 e. The molecule has 1 atom stereocenters. The normalized spacial score (nSPS) is 16.0. The molecule has 0 spiro atoms. The molecule has 22 heavy (non-hydrogen) atoms. The van der Waals surface area contributed by atoms with Crippen LogP contribution in [0, 0.1) is 6.92 Å². The van der Waals surface area contributed by atoms with Crippen LogP contribution in [0.2, 0.25) is 0 Å². The molecule has 0 aromatic heterocycles. The summed E-state index contributed by atoms with van der Waals surface area (Å²) < 4.78 is 16.0. The number of fused-ring (bicyclic) bond motifs is 1. The summed E-state index contributed by atoms with van der Waals surface area (Å²) in [5.74, 6) is 0.491. The maximum Gasteiger partial charge on any atom is 0.344 e. The van der Waals surface area contributed by atoms with E-state index in [9.17, 15) is 4.79 Å². The van der Waals surface area contributed by atoms with Crippen molar-refractivity contribution in [2.75, 3.05) is 19.5 Å². The molecular weight excluding hydrogens is 282 g/mol. The smallest absolute Gasteiger partial charge is 0.344 e. The summed E-state index contributed by atoms with van der Waals surface area (Å²) in [4.78, 5) is 12.2. The lowest BCUT2D eigenvalue weighted by molar-refractivity contribution is 0.0435. The fraction of sp³-hybridized carbons (Fsp3) is 0.235. The number of carbonyl (C=O) groups excluding carboxylic acids is 1. The van der Waals surface area contributed by atoms with Crippen LogP contribution < -0.4 is 14.8 Å². The first-order valence-corrected chi connectivity index (χ1v) is 6.93. The first-order valence-electron chi connectivity index (χ1n) is 6.93. The topological polar surface area (TPSA) is 56.8 Å². The highest BCUT2D eigenvalue weighted by Crippen LogP contribution is 2.42. The SMILES string of the molecule is COc1ccc2c(c1OC)C(=O)OC2Nc1ccccc1C. The molecule has 2 aromatic carbocycles. The van der Waals surface area contributed by atoms with Crippen molar-refractivity contribution in [3.05, 3.63) is 53.1 Å². The Balaban J connectivity index is 2.00. The van der Waals surface area contributed by atoms with Gasteiger partial charge in [0, 0.05) is 11.3 Å². The van der Waals surface area contributed by atoms with E-state index in [2.05, 4.69) is 5.32 Å². The van der Waals surface area contributed by atoms with E-state index in [1.54, 1.807) is 6.07 Å². The Morgan fingerprint density at radius 2 is 1.86 bits per heavy atom. The van der Waals surface area contributed by atoms with Gasteiger partial charge in [0.2, 0.25) is 6.23 Å². The van der Waals surface area contributed by atoms with Crippen LogP contribution in [0.5, 0.6) is 11.5 Å². The molecule has 114 valence electrons. The van der Waals surface area contributed by atoms with Gasteiger partial charge in [0.1, 0.15) is 5.56 Å². The van der Waals surface area contributed by atoms with Crippen molar-refractivity contribution in [2.45, 2.75) is 13.2 Å². The number of nitrogens with one attached hydrogen (secondary N) is 1. The summed E-state index contributed by atoms with van der Waals surface area (Å²) >= 11 is 0. The third-order valence-corrected chi connectivity index (χ3v) is 3.72. The van der Waals surface area contributed by atoms with Crippen molar-refractivity contribution in [1.29, 1.82) is 0 Å². The molecule has 0 amide bonds. The average Bonchev–Trinajstić information content (AvgIpc) is 2.85. The molecular formula is C17H17NO4. The number of anilines is 1. The van der Waals surface area contributed by atoms with E-state index in [1.807, 2.05) is 37.3 Å². The lowest BCUT2D eigenvalue weighted by Crippen LogP contribution is -2.11. The number of cyclic esters (lactones) is 1. The van der Waals surface area contributed by atoms with Crippen LogP contribution >= 0.6 is 0 Å². The van der Waals surface area contributed by atoms with Crippen LogP contribution in [-0.2, 0) is 4.74 Å². The molecule has 1 heterocycles. The van der Waals surface area contributed by atoms with E-state index in [-0.39, 0.29) is 0 Å². The predicted octanol–water partition coefficient (Wildman–Crippen LogP) is 3.29. The molecule has 0 saturated heterocycles. The monoisotopic (exact) mass is 299 g/mol. The van der Waals surface area contributed by atoms with Crippen molar-refractivity contribution in [3.8, 4) is 11.5 Å². The second-order valence-corrected chi connectivity index (χ2v) is 5.01. The number of benzene rings is 2. The highest BCUT2D eigenvalue weighted by Gasteiger charge is 2.35. The molecule has 0 bridgehead atoms. The average molecular weight is 299 g/mol. The van der Waals surface area contributed by atoms with Crippen molar-refractivity contribution in [1.82, 2.24) is 0 Å². The number of carbonyl (C=O) groups is 1. The van der Waals surface area contributed by atoms with Crippen LogP contribution in [0.15, 0.2) is 36.4 Å². The number of para-hydroxylation sites is 1. The van der Waals surface area contributed by atoms with Gasteiger partial charge in [0.05, 0.1) is 14.2 Å². The second kappa shape index (κ2) is 5.60. The number of hydrogen-bond donors (Lipinski definition) is 1. The number of hydrogen-bond acceptors (Lipinski definition) is 5. The Bertz CT molecular complexity index is 727. The summed E-state index contributed by atoms with van der Waals surface area (Å²) in [6, 6.07) is 11.4. The number of ether oxygens (including phenoxy) is 3. The molecule has 1 unspecified atom stereocenters. The van der Waals surface area contributed by atoms with E-state index in [0.29, 0.717) is 17.1 Å². The van der Waals surface area contributed by atoms with Gasteiger partial charge in [0.15, 0.2) is 11.5 Å². The Kier molecular flexibility index (Phi) is 3.63. The second-order valence-electron chi connectivity index (χ2n) is 5.01. The summed E-state index contributed by atoms with van der Waals surface area (Å²) in [6.07, 6.45) is -0.539. The number of esters is 1. The van der Waals surface area contributed by atoms with Crippen molar-refractivity contribution in [3.63, 3.8) is 0 Å². The van der Waals surface area contributed by atoms with Crippen molar-refractivity contribution >= 4 is 11.7 Å². The molecule has 1 N–H and O–H groups in total. The first kappa shape index (κ1) is 14.3. The van der Waals surface area contributed by atoms with Crippen LogP contribution in [0.3, 0.4) is 0 Å². The zero-order chi connectivity index (χ0) is 15.7. The lowest BCUT2D eigenvalue weighted by atomic mass is 10.1. The third kappa shape index (κ3) is 2.24. The molecule has 0 fully saturated rings. The first-order chi connectivity index (χ1) is 10.7. The number of aryl methyl sites for hydroxylation is 1. The fourth-order valence-electron chi connectivity index (χ4n) is 2.58. The molecule has 3 rings (SSSR count). The van der Waals surface area contributed by atoms with Gasteiger partial charge in [0.25, 0.3) is 0 Å². The largest absolute Gasteiger partial charge is 0.493 e. The molecule has 1 aliphatic rings. The molecule has 1 aliphatic heterocycles. The summed E-state index contributed by atoms with van der Waals surface area (Å²) in [5.41, 5.74) is 3.15. The zero-order valence-electron chi connectivity index (χ0n) is 12.7. The molecule has 0 aliphatic carbocycles. The van der Waals surface area contributed by atoms with Gasteiger partial charge >= 0.3 is 5.97 Å². The van der Waals surface area contributed by atoms with Gasteiger partial charge in [-0.3, -0.25) is 0 Å². The van der Waals surface area contributed by atoms with Crippen LogP contribution in [0.1, 0.15) is 27.7 Å². The van der Waals surface area contributed by atoms with Crippen molar-refractivity contribution in [2.24, 2.45) is 0 Å². The molecule has 0 radical (unpaired) electrons. The Morgan fingerprint density at radius 1 is 1.09 bits per heavy atom. The van der Waals surface area contributed by atoms with Crippen molar-refractivity contribution < 1.29 is 19.0 Å². The standard InChI is InChI=1S/C17H17NO4/c1-10-6-4-5-7-12(10)18-16-11-8-9-13(20-2)15(21-3)14(11)17(19)22-16/h4-9,16,18H,1-3H3. The van der Waals surface area contributed by atoms with E-state index < -0.39 is 12.2 Å². The predicted molar refractivity (Wildman–Crippen MR) is 82.5 cm³/mol. The Labute approximate surface area is 128 Å². The molecule has 5 nitrogen and oxygen atoms in total. The maximum absolute atomic E-state index is 12.2. The summed E-state index contributed by atoms with van der Waals surface area (Å²) in [7, 11) is 3.04. The maximum atomic E-state index is 12.2. The molecule has 0 saturated carbocycles. The van der Waals surface area contributed by atoms with E-state index in [0.717, 1.165) is 16.8 Å². The van der Waals surface area contributed by atoms with Gasteiger partial charge in [-0.15, -0.1) is 0 Å². The lowest BCUT2D eigenvalue weighted by Gasteiger charge is -2.16. The van der Waals surface area contributed by atoms with Gasteiger partial charge in [-0.2, -0.15) is 0 Å². The Morgan fingerprint density at radius 3 is 2.55 bits per heavy atom. The summed E-state index contributed by atoms with van der Waals surface area (Å²) in [5, 5.41) is 3.25. The van der Waals surface area contributed by atoms with Gasteiger partial charge in [-0.25, -0.2) is 4.79 Å². The van der Waals surface area contributed by atoms with Crippen LogP contribution in [-0.4, -0.2) is 20.2 Å². The van der Waals surface area contributed by atoms with Crippen LogP contribution in [0.4, 0.5) is 5.69 Å².